The summed E-state index contributed by atoms with van der Waals surface area (Å²) in [6.07, 6.45) is -5.92. The van der Waals surface area contributed by atoms with Crippen LogP contribution in [0.3, 0.4) is 0 Å². The number of aromatic nitrogens is 3. The highest BCUT2D eigenvalue weighted by Crippen LogP contribution is 2.41. The molecule has 1 fully saturated rings. The van der Waals surface area contributed by atoms with Crippen molar-refractivity contribution >= 4 is 62.7 Å². The number of thioether (sulfide) groups is 2. The highest BCUT2D eigenvalue weighted by molar-refractivity contribution is 8.01. The molecule has 2 atom stereocenters. The van der Waals surface area contributed by atoms with Gasteiger partial charge in [-0.15, -0.1) is 16.9 Å². The van der Waals surface area contributed by atoms with Crippen LogP contribution >= 0.6 is 35.7 Å². The first-order chi connectivity index (χ1) is 14.7. The summed E-state index contributed by atoms with van der Waals surface area (Å²) in [6, 6.07) is -1.06. The van der Waals surface area contributed by atoms with Crippen LogP contribution in [-0.4, -0.2) is 84.1 Å². The lowest BCUT2D eigenvalue weighted by atomic mass is 10.0. The van der Waals surface area contributed by atoms with Crippen molar-refractivity contribution in [2.75, 3.05) is 11.5 Å². The number of β-lactam (4-membered cyclic amide) rings is 1. The highest BCUT2D eigenvalue weighted by atomic mass is 32.2. The number of carboxylic acid groups (broad SMARTS) is 1. The molecule has 1 unspecified atom stereocenters. The summed E-state index contributed by atoms with van der Waals surface area (Å²) in [5.41, 5.74) is 0.0780. The highest BCUT2D eigenvalue weighted by Gasteiger charge is 2.54. The Morgan fingerprint density at radius 2 is 2.12 bits per heavy atom. The van der Waals surface area contributed by atoms with Crippen LogP contribution in [0, 0.1) is 0 Å². The Morgan fingerprint density at radius 1 is 1.44 bits per heavy atom. The van der Waals surface area contributed by atoms with E-state index in [-0.39, 0.29) is 28.2 Å². The monoisotopic (exact) mass is 533 g/mol. The molecule has 1 amide bonds. The summed E-state index contributed by atoms with van der Waals surface area (Å²) < 4.78 is 68.0. The topological polar surface area (TPSA) is 166 Å². The van der Waals surface area contributed by atoms with Gasteiger partial charge in [-0.1, -0.05) is 24.0 Å². The van der Waals surface area contributed by atoms with E-state index < -0.39 is 56.7 Å². The van der Waals surface area contributed by atoms with Gasteiger partial charge in [0.2, 0.25) is 5.16 Å². The normalized spacial score (nSPS) is 21.2. The fourth-order valence-corrected chi connectivity index (χ4v) is 6.00. The number of fused-ring (bicyclic) bond motifs is 1. The third kappa shape index (κ3) is 5.91. The minimum Gasteiger partial charge on any atom is -0.477 e. The van der Waals surface area contributed by atoms with Crippen molar-refractivity contribution in [2.45, 2.75) is 34.9 Å². The van der Waals surface area contributed by atoms with Crippen LogP contribution in [0.5, 0.6) is 0 Å². The van der Waals surface area contributed by atoms with E-state index in [2.05, 4.69) is 32.7 Å². The molecule has 0 aliphatic carbocycles. The van der Waals surface area contributed by atoms with Gasteiger partial charge in [-0.3, -0.25) is 19.3 Å². The second kappa shape index (κ2) is 9.16. The molecule has 0 bridgehead atoms. The van der Waals surface area contributed by atoms with Gasteiger partial charge >= 0.3 is 12.1 Å². The Labute approximate surface area is 192 Å². The molecular weight excluding hydrogens is 519 g/mol. The Kier molecular flexibility index (Phi) is 7.08. The lowest BCUT2D eigenvalue weighted by molar-refractivity contribution is -0.148. The molecule has 3 rings (SSSR count). The number of alkyl halides is 3. The molecule has 0 saturated carbocycles. The van der Waals surface area contributed by atoms with E-state index in [0.717, 1.165) is 16.7 Å². The maximum atomic E-state index is 12.5. The van der Waals surface area contributed by atoms with Gasteiger partial charge in [0.05, 0.1) is 11.4 Å². The first kappa shape index (κ1) is 24.7. The largest absolute Gasteiger partial charge is 0.477 e. The molecule has 1 saturated heterocycles. The summed E-state index contributed by atoms with van der Waals surface area (Å²) in [5.74, 6) is -2.73. The van der Waals surface area contributed by atoms with Gasteiger partial charge in [0, 0.05) is 11.5 Å². The molecule has 176 valence electrons. The van der Waals surface area contributed by atoms with E-state index in [0.29, 0.717) is 5.57 Å². The van der Waals surface area contributed by atoms with Gasteiger partial charge in [-0.05, 0) is 5.57 Å². The van der Waals surface area contributed by atoms with Gasteiger partial charge in [-0.2, -0.15) is 21.6 Å². The number of H-pyrrole nitrogens is 1. The van der Waals surface area contributed by atoms with Crippen molar-refractivity contribution in [1.29, 1.82) is 0 Å². The number of carbonyl (C=O) groups excluding carboxylic acids is 1. The number of halogens is 3. The van der Waals surface area contributed by atoms with Crippen molar-refractivity contribution in [3.63, 3.8) is 0 Å². The van der Waals surface area contributed by atoms with Crippen LogP contribution < -0.4 is 5.32 Å². The lowest BCUT2D eigenvalue weighted by Gasteiger charge is -2.49. The number of aliphatic carboxylic acids is 1. The molecular formula is C14H14F3N5O6S4. The minimum absolute atomic E-state index is 0.0544. The molecule has 4 N–H and O–H groups in total. The molecule has 0 aromatic carbocycles. The summed E-state index contributed by atoms with van der Waals surface area (Å²) in [4.78, 5) is 28.6. The van der Waals surface area contributed by atoms with E-state index in [1.54, 1.807) is 0 Å². The molecule has 0 radical (unpaired) electrons. The van der Waals surface area contributed by atoms with Crippen molar-refractivity contribution in [2.24, 2.45) is 0 Å². The van der Waals surface area contributed by atoms with Crippen LogP contribution in [0.2, 0.25) is 0 Å². The SMILES string of the molecule is O=C(O)C1=C(CSc2n[nH]c(CS(=O)(=O)O)n2)CS[C@@H]2C(NC(=S)CC(F)(F)F)C(=O)N12. The van der Waals surface area contributed by atoms with Crippen LogP contribution in [0.25, 0.3) is 0 Å². The molecule has 32 heavy (non-hydrogen) atoms. The maximum Gasteiger partial charge on any atom is 0.395 e. The van der Waals surface area contributed by atoms with Gasteiger partial charge in [-0.25, -0.2) is 9.78 Å². The maximum absolute atomic E-state index is 12.5. The van der Waals surface area contributed by atoms with E-state index in [1.165, 1.54) is 11.8 Å². The van der Waals surface area contributed by atoms with Crippen LogP contribution in [0.4, 0.5) is 13.2 Å². The zero-order valence-electron chi connectivity index (χ0n) is 15.6. The van der Waals surface area contributed by atoms with Gasteiger partial charge in [0.15, 0.2) is 0 Å². The smallest absolute Gasteiger partial charge is 0.395 e. The standard InChI is InChI=1S/C14H14F3N5O6S4/c15-14(16,17)1-7(29)19-8-10(23)22-9(12(24)25)5(2-30-11(8)22)3-31-13-18-6(20-21-13)4-32(26,27)28/h8,11H,1-4H2,(H,19,29)(H,24,25)(H,18,20,21)(H,26,27,28)/t8?,11-/m1/s1. The second-order valence-electron chi connectivity index (χ2n) is 6.58. The van der Waals surface area contributed by atoms with Crippen molar-refractivity contribution < 1.29 is 40.8 Å². The van der Waals surface area contributed by atoms with Gasteiger partial charge in [0.1, 0.15) is 28.7 Å². The van der Waals surface area contributed by atoms with Crippen LogP contribution in [0.1, 0.15) is 12.2 Å². The molecule has 3 heterocycles. The summed E-state index contributed by atoms with van der Waals surface area (Å²) >= 11 is 6.79. The number of nitrogens with one attached hydrogen (secondary N) is 2. The van der Waals surface area contributed by atoms with E-state index in [4.69, 9.17) is 4.55 Å². The second-order valence-corrected chi connectivity index (χ2v) is 10.6. The number of aromatic amines is 1. The van der Waals surface area contributed by atoms with Crippen molar-refractivity contribution in [1.82, 2.24) is 25.4 Å². The predicted molar refractivity (Wildman–Crippen MR) is 110 cm³/mol. The summed E-state index contributed by atoms with van der Waals surface area (Å²) in [5, 5.41) is 17.4. The zero-order valence-corrected chi connectivity index (χ0v) is 18.9. The molecule has 1 aromatic rings. The number of nitrogens with zero attached hydrogens (tertiary/aromatic N) is 3. The van der Waals surface area contributed by atoms with E-state index in [1.807, 2.05) is 0 Å². The predicted octanol–water partition coefficient (Wildman–Crippen LogP) is 0.776. The first-order valence-electron chi connectivity index (χ1n) is 8.50. The van der Waals surface area contributed by atoms with Gasteiger partial charge in [0.25, 0.3) is 16.0 Å². The molecule has 11 nitrogen and oxygen atoms in total. The number of carbonyl (C=O) groups is 2. The quantitative estimate of drug-likeness (QED) is 0.161. The number of thiocarbonyl (C=S) groups is 1. The molecule has 2 aliphatic heterocycles. The number of hydrogen-bond donors (Lipinski definition) is 4. The Balaban J connectivity index is 1.68. The molecule has 0 spiro atoms. The summed E-state index contributed by atoms with van der Waals surface area (Å²) in [7, 11) is -4.31. The van der Waals surface area contributed by atoms with Crippen molar-refractivity contribution in [3.05, 3.63) is 17.1 Å². The molecule has 18 heteroatoms. The Bertz CT molecular complexity index is 1090. The van der Waals surface area contributed by atoms with Crippen LogP contribution in [0.15, 0.2) is 16.4 Å². The van der Waals surface area contributed by atoms with E-state index >= 15 is 0 Å². The zero-order chi connectivity index (χ0) is 23.8. The fourth-order valence-electron chi connectivity index (χ4n) is 2.93. The average molecular weight is 534 g/mol. The number of hydrogen-bond acceptors (Lipinski definition) is 9. The molecule has 2 aliphatic rings. The van der Waals surface area contributed by atoms with Crippen molar-refractivity contribution in [3.8, 4) is 0 Å². The first-order valence-corrected chi connectivity index (χ1v) is 12.6. The Morgan fingerprint density at radius 3 is 2.72 bits per heavy atom. The fraction of sp³-hybridized carbons (Fsp3) is 0.500. The van der Waals surface area contributed by atoms with Crippen LogP contribution in [-0.2, 0) is 25.5 Å². The third-order valence-corrected chi connectivity index (χ3v) is 7.31. The summed E-state index contributed by atoms with van der Waals surface area (Å²) in [6.45, 7) is 0. The number of amides is 1. The number of carboxylic acids is 1. The molecule has 1 aromatic heterocycles. The minimum atomic E-state index is -4.53. The van der Waals surface area contributed by atoms with Gasteiger partial charge < -0.3 is 10.4 Å². The third-order valence-electron chi connectivity index (χ3n) is 4.13. The lowest BCUT2D eigenvalue weighted by Crippen LogP contribution is -2.70. The average Bonchev–Trinajstić information content (AvgIpc) is 3.07. The van der Waals surface area contributed by atoms with E-state index in [9.17, 15) is 36.3 Å². The Hall–Kier alpha value is -1.89. The number of rotatable bonds is 8.